The Labute approximate surface area is 150 Å². The first-order valence-electron chi connectivity index (χ1n) is 7.03. The van der Waals surface area contributed by atoms with Crippen LogP contribution >= 0.6 is 27.7 Å². The smallest absolute Gasteiger partial charge is 0.295 e. The molecule has 0 radical (unpaired) electrons. The van der Waals surface area contributed by atoms with Crippen molar-refractivity contribution < 1.29 is 14.0 Å². The van der Waals surface area contributed by atoms with E-state index in [1.54, 1.807) is 18.2 Å². The molecule has 1 heterocycles. The van der Waals surface area contributed by atoms with Crippen molar-refractivity contribution >= 4 is 50.6 Å². The third-order valence-electron chi connectivity index (χ3n) is 3.31. The van der Waals surface area contributed by atoms with E-state index in [-0.39, 0.29) is 23.6 Å². The number of nitrogens with zero attached hydrogens (tertiary/aromatic N) is 1. The van der Waals surface area contributed by atoms with E-state index >= 15 is 0 Å². The van der Waals surface area contributed by atoms with Crippen molar-refractivity contribution in [3.63, 3.8) is 0 Å². The Morgan fingerprint density at radius 1 is 1.17 bits per heavy atom. The third kappa shape index (κ3) is 3.85. The summed E-state index contributed by atoms with van der Waals surface area (Å²) in [5.41, 5.74) is 1.47. The molecule has 2 aromatic rings. The summed E-state index contributed by atoms with van der Waals surface area (Å²) in [5.74, 6) is -0.691. The Morgan fingerprint density at radius 3 is 2.62 bits per heavy atom. The zero-order chi connectivity index (χ0) is 17.1. The number of thioether (sulfide) groups is 1. The molecule has 122 valence electrons. The first-order chi connectivity index (χ1) is 11.5. The van der Waals surface area contributed by atoms with E-state index in [0.29, 0.717) is 10.6 Å². The minimum atomic E-state index is -0.348. The number of carbonyl (C=O) groups excluding carboxylic acids is 2. The molecular formula is C17H12BrFN2O2S. The van der Waals surface area contributed by atoms with Crippen molar-refractivity contribution in [3.8, 4) is 0 Å². The van der Waals surface area contributed by atoms with Crippen LogP contribution in [0.15, 0.2) is 57.9 Å². The van der Waals surface area contributed by atoms with Gasteiger partial charge in [-0.25, -0.2) is 4.39 Å². The molecule has 0 spiro atoms. The van der Waals surface area contributed by atoms with E-state index in [0.717, 1.165) is 26.7 Å². The van der Waals surface area contributed by atoms with E-state index in [2.05, 4.69) is 21.2 Å². The molecular weight excluding hydrogens is 395 g/mol. The lowest BCUT2D eigenvalue weighted by Crippen LogP contribution is -2.33. The standard InChI is InChI=1S/C17H12BrFN2O2S/c18-12-3-1-2-11(8-12)9-15-16(22)21(17(23)24-15)10-20-14-6-4-13(19)5-7-14/h1-9,20H,10H2/b15-9+. The van der Waals surface area contributed by atoms with Crippen LogP contribution in [-0.4, -0.2) is 22.7 Å². The van der Waals surface area contributed by atoms with Crippen LogP contribution in [-0.2, 0) is 4.79 Å². The van der Waals surface area contributed by atoms with Crippen LogP contribution in [0, 0.1) is 5.82 Å². The summed E-state index contributed by atoms with van der Waals surface area (Å²) in [6.07, 6.45) is 1.69. The number of rotatable bonds is 4. The molecule has 1 saturated heterocycles. The first-order valence-corrected chi connectivity index (χ1v) is 8.64. The Kier molecular flexibility index (Phi) is 5.01. The Morgan fingerprint density at radius 2 is 1.92 bits per heavy atom. The summed E-state index contributed by atoms with van der Waals surface area (Å²) in [6.45, 7) is 0.0339. The highest BCUT2D eigenvalue weighted by atomic mass is 79.9. The lowest BCUT2D eigenvalue weighted by Gasteiger charge is -2.14. The molecule has 2 amide bonds. The van der Waals surface area contributed by atoms with Gasteiger partial charge in [0.15, 0.2) is 0 Å². The monoisotopic (exact) mass is 406 g/mol. The third-order valence-corrected chi connectivity index (χ3v) is 4.71. The summed E-state index contributed by atoms with van der Waals surface area (Å²) in [5, 5.41) is 2.60. The molecule has 0 aliphatic carbocycles. The second kappa shape index (κ2) is 7.19. The average molecular weight is 407 g/mol. The van der Waals surface area contributed by atoms with Crippen molar-refractivity contribution in [2.24, 2.45) is 0 Å². The fourth-order valence-corrected chi connectivity index (χ4v) is 3.38. The molecule has 2 aromatic carbocycles. The predicted octanol–water partition coefficient (Wildman–Crippen LogP) is 4.69. The maximum absolute atomic E-state index is 12.9. The van der Waals surface area contributed by atoms with E-state index in [1.807, 2.05) is 24.3 Å². The van der Waals surface area contributed by atoms with E-state index in [4.69, 9.17) is 0 Å². The molecule has 1 N–H and O–H groups in total. The number of anilines is 1. The van der Waals surface area contributed by atoms with Crippen LogP contribution in [0.5, 0.6) is 0 Å². The van der Waals surface area contributed by atoms with Crippen molar-refractivity contribution in [2.75, 3.05) is 12.0 Å². The summed E-state index contributed by atoms with van der Waals surface area (Å²) >= 11 is 4.27. The Bertz CT molecular complexity index is 824. The van der Waals surface area contributed by atoms with E-state index < -0.39 is 0 Å². The molecule has 0 aromatic heterocycles. The SMILES string of the molecule is O=C1S/C(=C/c2cccc(Br)c2)C(=O)N1CNc1ccc(F)cc1. The van der Waals surface area contributed by atoms with Gasteiger partial charge in [-0.05, 0) is 59.8 Å². The number of benzene rings is 2. The molecule has 4 nitrogen and oxygen atoms in total. The first kappa shape index (κ1) is 16.7. The van der Waals surface area contributed by atoms with Gasteiger partial charge in [0, 0.05) is 10.2 Å². The van der Waals surface area contributed by atoms with Gasteiger partial charge in [-0.3, -0.25) is 14.5 Å². The lowest BCUT2D eigenvalue weighted by atomic mass is 10.2. The number of nitrogens with one attached hydrogen (secondary N) is 1. The number of hydrogen-bond donors (Lipinski definition) is 1. The van der Waals surface area contributed by atoms with Crippen LogP contribution in [0.1, 0.15) is 5.56 Å². The van der Waals surface area contributed by atoms with Gasteiger partial charge < -0.3 is 5.32 Å². The number of hydrogen-bond acceptors (Lipinski definition) is 4. The van der Waals surface area contributed by atoms with Gasteiger partial charge in [-0.2, -0.15) is 0 Å². The number of halogens is 2. The van der Waals surface area contributed by atoms with Gasteiger partial charge in [0.05, 0.1) is 11.6 Å². The molecule has 0 atom stereocenters. The van der Waals surface area contributed by atoms with Gasteiger partial charge in [0.2, 0.25) is 0 Å². The van der Waals surface area contributed by atoms with Gasteiger partial charge in [-0.1, -0.05) is 28.1 Å². The Balaban J connectivity index is 1.71. The van der Waals surface area contributed by atoms with E-state index in [9.17, 15) is 14.0 Å². The topological polar surface area (TPSA) is 49.4 Å². The maximum atomic E-state index is 12.9. The predicted molar refractivity (Wildman–Crippen MR) is 96.8 cm³/mol. The summed E-state index contributed by atoms with van der Waals surface area (Å²) in [6, 6.07) is 13.2. The fourth-order valence-electron chi connectivity index (χ4n) is 2.12. The van der Waals surface area contributed by atoms with E-state index in [1.165, 1.54) is 12.1 Å². The molecule has 24 heavy (non-hydrogen) atoms. The second-order valence-electron chi connectivity index (χ2n) is 5.01. The van der Waals surface area contributed by atoms with Crippen LogP contribution in [0.25, 0.3) is 6.08 Å². The molecule has 7 heteroatoms. The lowest BCUT2D eigenvalue weighted by molar-refractivity contribution is -0.122. The average Bonchev–Trinajstić information content (AvgIpc) is 2.81. The summed E-state index contributed by atoms with van der Waals surface area (Å²) in [7, 11) is 0. The number of carbonyl (C=O) groups is 2. The fraction of sp³-hybridized carbons (Fsp3) is 0.0588. The Hall–Kier alpha value is -2.12. The quantitative estimate of drug-likeness (QED) is 0.747. The van der Waals surface area contributed by atoms with Crippen LogP contribution in [0.2, 0.25) is 0 Å². The highest BCUT2D eigenvalue weighted by molar-refractivity contribution is 9.10. The highest BCUT2D eigenvalue weighted by Gasteiger charge is 2.34. The summed E-state index contributed by atoms with van der Waals surface area (Å²) in [4.78, 5) is 25.9. The van der Waals surface area contributed by atoms with Crippen molar-refractivity contribution in [1.29, 1.82) is 0 Å². The van der Waals surface area contributed by atoms with Gasteiger partial charge in [0.1, 0.15) is 5.82 Å². The molecule has 1 aliphatic heterocycles. The second-order valence-corrected chi connectivity index (χ2v) is 6.92. The number of amides is 2. The number of imide groups is 1. The maximum Gasteiger partial charge on any atom is 0.295 e. The van der Waals surface area contributed by atoms with Crippen molar-refractivity contribution in [2.45, 2.75) is 0 Å². The molecule has 0 unspecified atom stereocenters. The van der Waals surface area contributed by atoms with Gasteiger partial charge in [0.25, 0.3) is 11.1 Å². The highest BCUT2D eigenvalue weighted by Crippen LogP contribution is 2.32. The molecule has 1 fully saturated rings. The normalized spacial score (nSPS) is 16.1. The van der Waals surface area contributed by atoms with Crippen LogP contribution in [0.4, 0.5) is 14.9 Å². The minimum absolute atomic E-state index is 0.0339. The minimum Gasteiger partial charge on any atom is -0.367 e. The van der Waals surface area contributed by atoms with Gasteiger partial charge in [-0.15, -0.1) is 0 Å². The molecule has 0 bridgehead atoms. The zero-order valence-corrected chi connectivity index (χ0v) is 14.7. The van der Waals surface area contributed by atoms with Crippen LogP contribution < -0.4 is 5.32 Å². The van der Waals surface area contributed by atoms with Gasteiger partial charge >= 0.3 is 0 Å². The molecule has 1 aliphatic rings. The molecule has 3 rings (SSSR count). The zero-order valence-electron chi connectivity index (χ0n) is 12.3. The summed E-state index contributed by atoms with van der Waals surface area (Å²) < 4.78 is 13.8. The molecule has 0 saturated carbocycles. The van der Waals surface area contributed by atoms with Crippen molar-refractivity contribution in [1.82, 2.24) is 4.90 Å². The van der Waals surface area contributed by atoms with Crippen LogP contribution in [0.3, 0.4) is 0 Å². The largest absolute Gasteiger partial charge is 0.367 e. The van der Waals surface area contributed by atoms with Crippen molar-refractivity contribution in [3.05, 3.63) is 69.3 Å².